The zero-order valence-corrected chi connectivity index (χ0v) is 8.90. The van der Waals surface area contributed by atoms with Crippen LogP contribution in [0.1, 0.15) is 0 Å². The molecule has 0 saturated heterocycles. The summed E-state index contributed by atoms with van der Waals surface area (Å²) < 4.78 is 19.0. The predicted octanol–water partition coefficient (Wildman–Crippen LogP) is 2.19. The number of rotatable bonds is 4. The Hall–Kier alpha value is -0.610. The maximum atomic E-state index is 13.0. The van der Waals surface area contributed by atoms with Gasteiger partial charge in [0.05, 0.1) is 0 Å². The Morgan fingerprint density at radius 3 is 3.00 bits per heavy atom. The van der Waals surface area contributed by atoms with Crippen LogP contribution in [0, 0.1) is 5.82 Å². The molecule has 2 nitrogen and oxygen atoms in total. The molecule has 1 N–H and O–H groups in total. The molecule has 0 aromatic heterocycles. The second-order valence-electron chi connectivity index (χ2n) is 2.53. The van der Waals surface area contributed by atoms with Gasteiger partial charge in [0.1, 0.15) is 6.61 Å². The summed E-state index contributed by atoms with van der Waals surface area (Å²) in [7, 11) is 1.82. The fourth-order valence-electron chi connectivity index (χ4n) is 0.851. The standard InChI is InChI=1S/C9H11BrFNO/c1-12-4-5-13-9-6-7(10)2-3-8(9)11/h2-3,6,12H,4-5H2,1H3. The van der Waals surface area contributed by atoms with Gasteiger partial charge in [0.15, 0.2) is 11.6 Å². The summed E-state index contributed by atoms with van der Waals surface area (Å²) in [6.45, 7) is 1.16. The molecule has 1 aromatic carbocycles. The quantitative estimate of drug-likeness (QED) is 0.824. The number of likely N-dealkylation sites (N-methyl/N-ethyl adjacent to an activating group) is 1. The Balaban J connectivity index is 2.59. The molecule has 0 aliphatic heterocycles. The Morgan fingerprint density at radius 1 is 1.54 bits per heavy atom. The lowest BCUT2D eigenvalue weighted by atomic mass is 10.3. The molecule has 72 valence electrons. The molecular formula is C9H11BrFNO. The second kappa shape index (κ2) is 5.19. The molecular weight excluding hydrogens is 237 g/mol. The Labute approximate surface area is 85.2 Å². The van der Waals surface area contributed by atoms with Crippen molar-refractivity contribution in [1.82, 2.24) is 5.32 Å². The normalized spacial score (nSPS) is 10.1. The Bertz CT molecular complexity index is 280. The first kappa shape index (κ1) is 10.5. The lowest BCUT2D eigenvalue weighted by Crippen LogP contribution is -2.16. The molecule has 0 fully saturated rings. The molecule has 0 atom stereocenters. The van der Waals surface area contributed by atoms with E-state index in [1.807, 2.05) is 7.05 Å². The minimum Gasteiger partial charge on any atom is -0.489 e. The molecule has 0 radical (unpaired) electrons. The van der Waals surface area contributed by atoms with Crippen LogP contribution in [0.5, 0.6) is 5.75 Å². The van der Waals surface area contributed by atoms with Gasteiger partial charge >= 0.3 is 0 Å². The smallest absolute Gasteiger partial charge is 0.165 e. The van der Waals surface area contributed by atoms with E-state index in [4.69, 9.17) is 4.74 Å². The lowest BCUT2D eigenvalue weighted by molar-refractivity contribution is 0.302. The highest BCUT2D eigenvalue weighted by Gasteiger charge is 2.02. The highest BCUT2D eigenvalue weighted by Crippen LogP contribution is 2.21. The third-order valence-corrected chi connectivity index (χ3v) is 2.00. The number of hydrogen-bond acceptors (Lipinski definition) is 2. The first-order chi connectivity index (χ1) is 6.24. The van der Waals surface area contributed by atoms with Crippen LogP contribution in [0.15, 0.2) is 22.7 Å². The molecule has 0 heterocycles. The number of benzene rings is 1. The minimum atomic E-state index is -0.334. The molecule has 1 aromatic rings. The number of hydrogen-bond donors (Lipinski definition) is 1. The van der Waals surface area contributed by atoms with Gasteiger partial charge in [-0.2, -0.15) is 0 Å². The molecule has 13 heavy (non-hydrogen) atoms. The molecule has 0 aliphatic carbocycles. The summed E-state index contributed by atoms with van der Waals surface area (Å²) in [4.78, 5) is 0. The van der Waals surface area contributed by atoms with Gasteiger partial charge in [-0.05, 0) is 25.2 Å². The SMILES string of the molecule is CNCCOc1cc(Br)ccc1F. The fourth-order valence-corrected chi connectivity index (χ4v) is 1.19. The van der Waals surface area contributed by atoms with Gasteiger partial charge < -0.3 is 10.1 Å². The number of halogens is 2. The Morgan fingerprint density at radius 2 is 2.31 bits per heavy atom. The van der Waals surface area contributed by atoms with Crippen LogP contribution in [0.3, 0.4) is 0 Å². The van der Waals surface area contributed by atoms with Crippen molar-refractivity contribution < 1.29 is 9.13 Å². The first-order valence-electron chi connectivity index (χ1n) is 3.96. The summed E-state index contributed by atoms with van der Waals surface area (Å²) >= 11 is 3.24. The van der Waals surface area contributed by atoms with E-state index in [0.717, 1.165) is 4.47 Å². The molecule has 4 heteroatoms. The highest BCUT2D eigenvalue weighted by molar-refractivity contribution is 9.10. The summed E-state index contributed by atoms with van der Waals surface area (Å²) in [5, 5.41) is 2.91. The fraction of sp³-hybridized carbons (Fsp3) is 0.333. The van der Waals surface area contributed by atoms with Gasteiger partial charge in [0.2, 0.25) is 0 Å². The van der Waals surface area contributed by atoms with Gasteiger partial charge in [-0.3, -0.25) is 0 Å². The van der Waals surface area contributed by atoms with E-state index in [1.165, 1.54) is 6.07 Å². The monoisotopic (exact) mass is 247 g/mol. The average Bonchev–Trinajstić information content (AvgIpc) is 2.11. The maximum Gasteiger partial charge on any atom is 0.165 e. The van der Waals surface area contributed by atoms with Crippen molar-refractivity contribution in [2.75, 3.05) is 20.2 Å². The Kier molecular flexibility index (Phi) is 4.18. The summed E-state index contributed by atoms with van der Waals surface area (Å²) in [6.07, 6.45) is 0. The van der Waals surface area contributed by atoms with Crippen molar-refractivity contribution in [2.45, 2.75) is 0 Å². The van der Waals surface area contributed by atoms with Crippen molar-refractivity contribution in [3.05, 3.63) is 28.5 Å². The van der Waals surface area contributed by atoms with Gasteiger partial charge in [-0.15, -0.1) is 0 Å². The molecule has 0 spiro atoms. The number of ether oxygens (including phenoxy) is 1. The van der Waals surface area contributed by atoms with Crippen molar-refractivity contribution in [2.24, 2.45) is 0 Å². The van der Waals surface area contributed by atoms with Crippen molar-refractivity contribution in [1.29, 1.82) is 0 Å². The van der Waals surface area contributed by atoms with E-state index in [2.05, 4.69) is 21.2 Å². The maximum absolute atomic E-state index is 13.0. The van der Waals surface area contributed by atoms with Crippen LogP contribution in [0.2, 0.25) is 0 Å². The summed E-state index contributed by atoms with van der Waals surface area (Å²) in [6, 6.07) is 4.63. The van der Waals surface area contributed by atoms with Gasteiger partial charge in [0.25, 0.3) is 0 Å². The van der Waals surface area contributed by atoms with Crippen molar-refractivity contribution in [3.63, 3.8) is 0 Å². The molecule has 0 saturated carbocycles. The molecule has 0 aliphatic rings. The van der Waals surface area contributed by atoms with Gasteiger partial charge in [-0.1, -0.05) is 15.9 Å². The molecule has 1 rings (SSSR count). The molecule has 0 unspecified atom stereocenters. The van der Waals surface area contributed by atoms with E-state index in [9.17, 15) is 4.39 Å². The summed E-state index contributed by atoms with van der Waals surface area (Å²) in [5.74, 6) is -0.0519. The zero-order chi connectivity index (χ0) is 9.68. The van der Waals surface area contributed by atoms with Crippen LogP contribution in [0.4, 0.5) is 4.39 Å². The molecule has 0 amide bonds. The zero-order valence-electron chi connectivity index (χ0n) is 7.31. The van der Waals surface area contributed by atoms with Crippen LogP contribution in [-0.4, -0.2) is 20.2 Å². The average molecular weight is 248 g/mol. The van der Waals surface area contributed by atoms with E-state index >= 15 is 0 Å². The largest absolute Gasteiger partial charge is 0.489 e. The number of nitrogens with one attached hydrogen (secondary N) is 1. The van der Waals surface area contributed by atoms with E-state index in [-0.39, 0.29) is 11.6 Å². The lowest BCUT2D eigenvalue weighted by Gasteiger charge is -2.06. The third kappa shape index (κ3) is 3.32. The highest BCUT2D eigenvalue weighted by atomic mass is 79.9. The summed E-state index contributed by atoms with van der Waals surface area (Å²) in [5.41, 5.74) is 0. The van der Waals surface area contributed by atoms with E-state index in [1.54, 1.807) is 12.1 Å². The van der Waals surface area contributed by atoms with Gasteiger partial charge in [0, 0.05) is 11.0 Å². The van der Waals surface area contributed by atoms with Crippen molar-refractivity contribution in [3.8, 4) is 5.75 Å². The van der Waals surface area contributed by atoms with Gasteiger partial charge in [-0.25, -0.2) is 4.39 Å². The topological polar surface area (TPSA) is 21.3 Å². The second-order valence-corrected chi connectivity index (χ2v) is 3.44. The van der Waals surface area contributed by atoms with Crippen molar-refractivity contribution >= 4 is 15.9 Å². The van der Waals surface area contributed by atoms with Crippen LogP contribution in [0.25, 0.3) is 0 Å². The van der Waals surface area contributed by atoms with Crippen LogP contribution >= 0.6 is 15.9 Å². The third-order valence-electron chi connectivity index (χ3n) is 1.50. The molecule has 0 bridgehead atoms. The van der Waals surface area contributed by atoms with E-state index < -0.39 is 0 Å². The predicted molar refractivity (Wildman–Crippen MR) is 53.5 cm³/mol. The first-order valence-corrected chi connectivity index (χ1v) is 4.76. The van der Waals surface area contributed by atoms with Crippen LogP contribution < -0.4 is 10.1 Å². The van der Waals surface area contributed by atoms with Crippen LogP contribution in [-0.2, 0) is 0 Å². The minimum absolute atomic E-state index is 0.282. The van der Waals surface area contributed by atoms with E-state index in [0.29, 0.717) is 13.2 Å².